The van der Waals surface area contributed by atoms with Crippen molar-refractivity contribution in [1.82, 2.24) is 0 Å². The first-order valence-corrected chi connectivity index (χ1v) is 7.79. The van der Waals surface area contributed by atoms with Crippen LogP contribution in [0, 0.1) is 0 Å². The summed E-state index contributed by atoms with van der Waals surface area (Å²) in [6.07, 6.45) is 5.32. The number of benzene rings is 1. The van der Waals surface area contributed by atoms with Crippen LogP contribution in [0.4, 0.5) is 5.69 Å². The van der Waals surface area contributed by atoms with Crippen molar-refractivity contribution in [2.24, 2.45) is 0 Å². The number of thioether (sulfide) groups is 1. The van der Waals surface area contributed by atoms with E-state index in [1.54, 1.807) is 0 Å². The van der Waals surface area contributed by atoms with Crippen LogP contribution in [0.5, 0.6) is 0 Å². The smallest absolute Gasteiger partial charge is 0.0694 e. The van der Waals surface area contributed by atoms with Gasteiger partial charge in [0.2, 0.25) is 0 Å². The molecule has 0 saturated heterocycles. The SMILES string of the molecule is CCCCCCSC(C)Nc1ccccc1Cl. The van der Waals surface area contributed by atoms with Gasteiger partial charge in [-0.3, -0.25) is 0 Å². The topological polar surface area (TPSA) is 12.0 Å². The third-order valence-corrected chi connectivity index (χ3v) is 4.07. The summed E-state index contributed by atoms with van der Waals surface area (Å²) < 4.78 is 0. The van der Waals surface area contributed by atoms with Crippen LogP contribution in [-0.2, 0) is 0 Å². The average Bonchev–Trinajstić information content (AvgIpc) is 2.32. The fraction of sp³-hybridized carbons (Fsp3) is 0.571. The van der Waals surface area contributed by atoms with Gasteiger partial charge in [0, 0.05) is 0 Å². The summed E-state index contributed by atoms with van der Waals surface area (Å²) >= 11 is 8.06. The van der Waals surface area contributed by atoms with Crippen molar-refractivity contribution in [1.29, 1.82) is 0 Å². The van der Waals surface area contributed by atoms with Crippen LogP contribution in [-0.4, -0.2) is 11.1 Å². The van der Waals surface area contributed by atoms with Gasteiger partial charge in [0.1, 0.15) is 0 Å². The van der Waals surface area contributed by atoms with E-state index in [-0.39, 0.29) is 0 Å². The van der Waals surface area contributed by atoms with Crippen LogP contribution in [0.2, 0.25) is 5.02 Å². The van der Waals surface area contributed by atoms with E-state index in [2.05, 4.69) is 19.2 Å². The summed E-state index contributed by atoms with van der Waals surface area (Å²) in [4.78, 5) is 0. The third-order valence-electron chi connectivity index (χ3n) is 2.60. The second kappa shape index (κ2) is 8.71. The zero-order chi connectivity index (χ0) is 12.5. The summed E-state index contributed by atoms with van der Waals surface area (Å²) in [6, 6.07) is 7.90. The maximum atomic E-state index is 6.10. The standard InChI is InChI=1S/C14H22ClNS/c1-3-4-5-8-11-17-12(2)16-14-10-7-6-9-13(14)15/h6-7,9-10,12,16H,3-5,8,11H2,1-2H3. The summed E-state index contributed by atoms with van der Waals surface area (Å²) in [5, 5.41) is 4.64. The van der Waals surface area contributed by atoms with Gasteiger partial charge in [0.25, 0.3) is 0 Å². The Hall–Kier alpha value is -0.340. The monoisotopic (exact) mass is 271 g/mol. The lowest BCUT2D eigenvalue weighted by molar-refractivity contribution is 0.706. The molecule has 1 nitrogen and oxygen atoms in total. The van der Waals surface area contributed by atoms with Crippen LogP contribution < -0.4 is 5.32 Å². The first kappa shape index (κ1) is 14.7. The molecule has 1 aromatic rings. The Morgan fingerprint density at radius 3 is 2.71 bits per heavy atom. The molecule has 0 fully saturated rings. The van der Waals surface area contributed by atoms with Gasteiger partial charge in [0.15, 0.2) is 0 Å². The Kier molecular flexibility index (Phi) is 7.54. The number of anilines is 1. The molecule has 1 rings (SSSR count). The van der Waals surface area contributed by atoms with E-state index in [0.29, 0.717) is 5.37 Å². The highest BCUT2D eigenvalue weighted by Crippen LogP contribution is 2.24. The number of unbranched alkanes of at least 4 members (excludes halogenated alkanes) is 3. The molecule has 3 heteroatoms. The van der Waals surface area contributed by atoms with E-state index in [0.717, 1.165) is 10.7 Å². The molecule has 0 bridgehead atoms. The molecule has 0 heterocycles. The number of halogens is 1. The first-order valence-electron chi connectivity index (χ1n) is 6.36. The molecule has 0 aliphatic rings. The zero-order valence-electron chi connectivity index (χ0n) is 10.7. The Balaban J connectivity index is 2.21. The number of hydrogen-bond acceptors (Lipinski definition) is 2. The summed E-state index contributed by atoms with van der Waals surface area (Å²) in [7, 11) is 0. The molecule has 1 atom stereocenters. The van der Waals surface area contributed by atoms with Gasteiger partial charge in [-0.2, -0.15) is 0 Å². The van der Waals surface area contributed by atoms with Crippen molar-refractivity contribution in [2.75, 3.05) is 11.1 Å². The van der Waals surface area contributed by atoms with Crippen LogP contribution >= 0.6 is 23.4 Å². The Morgan fingerprint density at radius 1 is 1.24 bits per heavy atom. The fourth-order valence-electron chi connectivity index (χ4n) is 1.63. The highest BCUT2D eigenvalue weighted by atomic mass is 35.5. The number of hydrogen-bond donors (Lipinski definition) is 1. The molecule has 0 aliphatic heterocycles. The molecular formula is C14H22ClNS. The second-order valence-electron chi connectivity index (χ2n) is 4.20. The van der Waals surface area contributed by atoms with E-state index in [1.807, 2.05) is 36.0 Å². The van der Waals surface area contributed by atoms with Gasteiger partial charge < -0.3 is 5.32 Å². The van der Waals surface area contributed by atoms with Gasteiger partial charge in [-0.05, 0) is 31.2 Å². The average molecular weight is 272 g/mol. The minimum atomic E-state index is 0.413. The van der Waals surface area contributed by atoms with Crippen LogP contribution in [0.15, 0.2) is 24.3 Å². The highest BCUT2D eigenvalue weighted by molar-refractivity contribution is 7.99. The molecule has 0 aliphatic carbocycles. The lowest BCUT2D eigenvalue weighted by atomic mass is 10.2. The first-order chi connectivity index (χ1) is 8.24. The number of rotatable bonds is 8. The van der Waals surface area contributed by atoms with E-state index in [9.17, 15) is 0 Å². The van der Waals surface area contributed by atoms with Crippen LogP contribution in [0.1, 0.15) is 39.5 Å². The lowest BCUT2D eigenvalue weighted by Crippen LogP contribution is -2.11. The molecule has 0 saturated carbocycles. The normalized spacial score (nSPS) is 12.4. The van der Waals surface area contributed by atoms with E-state index < -0.39 is 0 Å². The van der Waals surface area contributed by atoms with E-state index in [4.69, 9.17) is 11.6 Å². The zero-order valence-corrected chi connectivity index (χ0v) is 12.3. The second-order valence-corrected chi connectivity index (χ2v) is 6.05. The van der Waals surface area contributed by atoms with Crippen LogP contribution in [0.3, 0.4) is 0 Å². The predicted octanol–water partition coefficient (Wildman–Crippen LogP) is 5.41. The maximum Gasteiger partial charge on any atom is 0.0694 e. The van der Waals surface area contributed by atoms with Crippen molar-refractivity contribution in [3.8, 4) is 0 Å². The van der Waals surface area contributed by atoms with Gasteiger partial charge in [-0.25, -0.2) is 0 Å². The molecule has 0 amide bonds. The summed E-state index contributed by atoms with van der Waals surface area (Å²) in [5.41, 5.74) is 1.03. The van der Waals surface area contributed by atoms with E-state index >= 15 is 0 Å². The van der Waals surface area contributed by atoms with Crippen molar-refractivity contribution in [3.05, 3.63) is 29.3 Å². The molecule has 96 valence electrons. The molecule has 0 spiro atoms. The quantitative estimate of drug-likeness (QED) is 0.501. The maximum absolute atomic E-state index is 6.10. The fourth-order valence-corrected chi connectivity index (χ4v) is 2.75. The van der Waals surface area contributed by atoms with Gasteiger partial charge in [-0.1, -0.05) is 49.9 Å². The third kappa shape index (κ3) is 6.23. The van der Waals surface area contributed by atoms with Crippen molar-refractivity contribution >= 4 is 29.1 Å². The van der Waals surface area contributed by atoms with Crippen LogP contribution in [0.25, 0.3) is 0 Å². The predicted molar refractivity (Wildman–Crippen MR) is 81.1 cm³/mol. The largest absolute Gasteiger partial charge is 0.372 e. The van der Waals surface area contributed by atoms with Crippen molar-refractivity contribution < 1.29 is 0 Å². The highest BCUT2D eigenvalue weighted by Gasteiger charge is 2.04. The minimum Gasteiger partial charge on any atom is -0.372 e. The number of para-hydroxylation sites is 1. The molecular weight excluding hydrogens is 250 g/mol. The number of nitrogens with one attached hydrogen (secondary N) is 1. The van der Waals surface area contributed by atoms with Crippen molar-refractivity contribution in [2.45, 2.75) is 44.9 Å². The molecule has 0 radical (unpaired) electrons. The summed E-state index contributed by atoms with van der Waals surface area (Å²) in [6.45, 7) is 4.43. The molecule has 17 heavy (non-hydrogen) atoms. The molecule has 0 aromatic heterocycles. The minimum absolute atomic E-state index is 0.413. The molecule has 1 N–H and O–H groups in total. The van der Waals surface area contributed by atoms with Gasteiger partial charge in [0.05, 0.1) is 16.1 Å². The van der Waals surface area contributed by atoms with E-state index in [1.165, 1.54) is 31.4 Å². The van der Waals surface area contributed by atoms with Gasteiger partial charge in [-0.15, -0.1) is 11.8 Å². The Bertz CT molecular complexity index is 317. The van der Waals surface area contributed by atoms with Crippen molar-refractivity contribution in [3.63, 3.8) is 0 Å². The molecule has 1 aromatic carbocycles. The Labute approximate surface area is 114 Å². The Morgan fingerprint density at radius 2 is 2.00 bits per heavy atom. The lowest BCUT2D eigenvalue weighted by Gasteiger charge is -2.15. The summed E-state index contributed by atoms with van der Waals surface area (Å²) in [5.74, 6) is 1.22. The molecule has 1 unspecified atom stereocenters. The van der Waals surface area contributed by atoms with Gasteiger partial charge >= 0.3 is 0 Å².